The van der Waals surface area contributed by atoms with E-state index in [0.29, 0.717) is 56.3 Å². The number of fused-ring (bicyclic) bond motifs is 1. The highest BCUT2D eigenvalue weighted by Crippen LogP contribution is 2.32. The van der Waals surface area contributed by atoms with Crippen LogP contribution in [0.4, 0.5) is 10.7 Å². The fourth-order valence-electron chi connectivity index (χ4n) is 4.51. The highest BCUT2D eigenvalue weighted by Gasteiger charge is 2.27. The zero-order valence-electron chi connectivity index (χ0n) is 22.0. The van der Waals surface area contributed by atoms with Gasteiger partial charge in [-0.25, -0.2) is 4.79 Å². The summed E-state index contributed by atoms with van der Waals surface area (Å²) in [7, 11) is 0. The van der Waals surface area contributed by atoms with Crippen LogP contribution in [0.25, 0.3) is 11.0 Å². The molecule has 1 fully saturated rings. The first-order valence-corrected chi connectivity index (χ1v) is 12.8. The van der Waals surface area contributed by atoms with Crippen molar-refractivity contribution in [2.24, 2.45) is 0 Å². The highest BCUT2D eigenvalue weighted by atomic mass is 16.6. The van der Waals surface area contributed by atoms with Gasteiger partial charge in [-0.3, -0.25) is 19.7 Å². The fraction of sp³-hybridized carbons (Fsp3) is 0.345. The maximum atomic E-state index is 13.1. The molecule has 0 aliphatic carbocycles. The minimum Gasteiger partial charge on any atom is -0.444 e. The number of carbonyl (C=O) groups excluding carboxylic acids is 2. The van der Waals surface area contributed by atoms with Gasteiger partial charge in [0.2, 0.25) is 5.88 Å². The van der Waals surface area contributed by atoms with Crippen molar-refractivity contribution >= 4 is 28.9 Å². The number of hydrogen-bond donors (Lipinski definition) is 1. The zero-order valence-corrected chi connectivity index (χ0v) is 22.0. The molecule has 0 unspecified atom stereocenters. The number of aromatic nitrogens is 2. The molecule has 1 aliphatic heterocycles. The van der Waals surface area contributed by atoms with E-state index in [2.05, 4.69) is 15.3 Å². The largest absolute Gasteiger partial charge is 0.444 e. The molecule has 2 aromatic carbocycles. The Morgan fingerprint density at radius 1 is 0.974 bits per heavy atom. The third-order valence-corrected chi connectivity index (χ3v) is 6.41. The van der Waals surface area contributed by atoms with Crippen molar-refractivity contribution in [3.8, 4) is 0 Å². The minimum absolute atomic E-state index is 0.278. The molecule has 9 heteroatoms. The van der Waals surface area contributed by atoms with Gasteiger partial charge in [-0.2, -0.15) is 5.10 Å². The summed E-state index contributed by atoms with van der Waals surface area (Å²) < 4.78 is 13.3. The molecule has 2 aromatic heterocycles. The molecule has 5 rings (SSSR count). The SMILES string of the molecule is CC(C)(C)OC(=O)N1CCN(Cc2c(NC(=O)c3cnn(Cc4ccccc4)c3)oc3ccccc23)CC1. The smallest absolute Gasteiger partial charge is 0.410 e. The maximum absolute atomic E-state index is 13.1. The van der Waals surface area contributed by atoms with Crippen molar-refractivity contribution in [2.75, 3.05) is 31.5 Å². The summed E-state index contributed by atoms with van der Waals surface area (Å²) in [4.78, 5) is 29.6. The summed E-state index contributed by atoms with van der Waals surface area (Å²) in [6.07, 6.45) is 3.02. The van der Waals surface area contributed by atoms with Gasteiger partial charge in [-0.05, 0) is 32.4 Å². The molecule has 0 radical (unpaired) electrons. The molecule has 0 atom stereocenters. The lowest BCUT2D eigenvalue weighted by molar-refractivity contribution is 0.0139. The van der Waals surface area contributed by atoms with Crippen LogP contribution < -0.4 is 5.32 Å². The number of para-hydroxylation sites is 1. The first-order valence-electron chi connectivity index (χ1n) is 12.8. The van der Waals surface area contributed by atoms with Gasteiger partial charge < -0.3 is 14.1 Å². The van der Waals surface area contributed by atoms with Crippen LogP contribution in [-0.4, -0.2) is 63.4 Å². The molecular weight excluding hydrogens is 482 g/mol. The van der Waals surface area contributed by atoms with Crippen molar-refractivity contribution in [1.29, 1.82) is 0 Å². The second-order valence-electron chi connectivity index (χ2n) is 10.5. The number of nitrogens with one attached hydrogen (secondary N) is 1. The van der Waals surface area contributed by atoms with Crippen LogP contribution in [0.2, 0.25) is 0 Å². The third-order valence-electron chi connectivity index (χ3n) is 6.41. The number of piperazine rings is 1. The van der Waals surface area contributed by atoms with Gasteiger partial charge in [0.1, 0.15) is 11.2 Å². The van der Waals surface area contributed by atoms with E-state index in [0.717, 1.165) is 16.5 Å². The first kappa shape index (κ1) is 25.5. The van der Waals surface area contributed by atoms with Crippen molar-refractivity contribution < 1.29 is 18.7 Å². The molecule has 1 aliphatic rings. The number of nitrogens with zero attached hydrogens (tertiary/aromatic N) is 4. The Hall–Kier alpha value is -4.11. The molecule has 3 heterocycles. The molecule has 0 saturated carbocycles. The molecule has 9 nitrogen and oxygen atoms in total. The van der Waals surface area contributed by atoms with Crippen LogP contribution >= 0.6 is 0 Å². The quantitative estimate of drug-likeness (QED) is 0.389. The number of rotatable bonds is 6. The second kappa shape index (κ2) is 10.7. The van der Waals surface area contributed by atoms with E-state index in [1.165, 1.54) is 0 Å². The number of furan rings is 1. The van der Waals surface area contributed by atoms with Crippen molar-refractivity contribution in [2.45, 2.75) is 39.5 Å². The molecule has 2 amide bonds. The van der Waals surface area contributed by atoms with E-state index < -0.39 is 5.60 Å². The fourth-order valence-corrected chi connectivity index (χ4v) is 4.51. The van der Waals surface area contributed by atoms with Gasteiger partial charge in [0.05, 0.1) is 18.3 Å². The molecule has 38 heavy (non-hydrogen) atoms. The first-order chi connectivity index (χ1) is 18.2. The van der Waals surface area contributed by atoms with E-state index in [4.69, 9.17) is 9.15 Å². The van der Waals surface area contributed by atoms with Gasteiger partial charge in [0.15, 0.2) is 0 Å². The summed E-state index contributed by atoms with van der Waals surface area (Å²) in [6.45, 7) is 9.32. The average Bonchev–Trinajstić information content (AvgIpc) is 3.49. The molecule has 1 N–H and O–H groups in total. The van der Waals surface area contributed by atoms with Gasteiger partial charge in [0.25, 0.3) is 5.91 Å². The summed E-state index contributed by atoms with van der Waals surface area (Å²) in [5.74, 6) is 0.154. The number of ether oxygens (including phenoxy) is 1. The number of hydrogen-bond acceptors (Lipinski definition) is 6. The second-order valence-corrected chi connectivity index (χ2v) is 10.5. The Labute approximate surface area is 222 Å². The molecule has 198 valence electrons. The predicted octanol–water partition coefficient (Wildman–Crippen LogP) is 4.98. The Bertz CT molecular complexity index is 1410. The maximum Gasteiger partial charge on any atom is 0.410 e. The van der Waals surface area contributed by atoms with E-state index in [1.54, 1.807) is 22.0 Å². The van der Waals surface area contributed by atoms with Crippen molar-refractivity contribution in [3.05, 3.63) is 83.7 Å². The lowest BCUT2D eigenvalue weighted by atomic mass is 10.1. The van der Waals surface area contributed by atoms with Gasteiger partial charge in [-0.15, -0.1) is 0 Å². The molecule has 4 aromatic rings. The average molecular weight is 516 g/mol. The van der Waals surface area contributed by atoms with Gasteiger partial charge in [-0.1, -0.05) is 48.5 Å². The zero-order chi connectivity index (χ0) is 26.7. The van der Waals surface area contributed by atoms with E-state index >= 15 is 0 Å². The number of anilines is 1. The molecule has 0 spiro atoms. The van der Waals surface area contributed by atoms with Crippen molar-refractivity contribution in [1.82, 2.24) is 19.6 Å². The third kappa shape index (κ3) is 6.06. The lowest BCUT2D eigenvalue weighted by Crippen LogP contribution is -2.49. The Morgan fingerprint density at radius 2 is 1.68 bits per heavy atom. The standard InChI is InChI=1S/C29H33N5O4/c1-29(2,3)38-28(36)33-15-13-32(14-16-33)20-24-23-11-7-8-12-25(23)37-27(24)31-26(35)22-17-30-34(19-22)18-21-9-5-4-6-10-21/h4-12,17,19H,13-16,18,20H2,1-3H3,(H,31,35). The predicted molar refractivity (Wildman–Crippen MR) is 145 cm³/mol. The van der Waals surface area contributed by atoms with E-state index in [1.807, 2.05) is 75.4 Å². The summed E-state index contributed by atoms with van der Waals surface area (Å²) in [5, 5.41) is 8.27. The molecular formula is C29H33N5O4. The van der Waals surface area contributed by atoms with E-state index in [-0.39, 0.29) is 12.0 Å². The van der Waals surface area contributed by atoms with Crippen LogP contribution in [0, 0.1) is 0 Å². The van der Waals surface area contributed by atoms with Crippen LogP contribution in [0.1, 0.15) is 42.3 Å². The Morgan fingerprint density at radius 3 is 2.42 bits per heavy atom. The Balaban J connectivity index is 1.27. The van der Waals surface area contributed by atoms with Crippen molar-refractivity contribution in [3.63, 3.8) is 0 Å². The summed E-state index contributed by atoms with van der Waals surface area (Å²) >= 11 is 0. The summed E-state index contributed by atoms with van der Waals surface area (Å²) in [5.41, 5.74) is 2.67. The molecule has 0 bridgehead atoms. The Kier molecular flexibility index (Phi) is 7.20. The van der Waals surface area contributed by atoms with E-state index in [9.17, 15) is 9.59 Å². The highest BCUT2D eigenvalue weighted by molar-refractivity contribution is 6.05. The van der Waals surface area contributed by atoms with Gasteiger partial charge >= 0.3 is 6.09 Å². The summed E-state index contributed by atoms with van der Waals surface area (Å²) in [6, 6.07) is 17.7. The number of carbonyl (C=O) groups is 2. The normalized spacial score (nSPS) is 14.6. The van der Waals surface area contributed by atoms with Crippen LogP contribution in [0.5, 0.6) is 0 Å². The topological polar surface area (TPSA) is 92.8 Å². The number of benzene rings is 2. The van der Waals surface area contributed by atoms with Gasteiger partial charge in [0, 0.05) is 49.9 Å². The van der Waals surface area contributed by atoms with Crippen LogP contribution in [-0.2, 0) is 17.8 Å². The molecule has 1 saturated heterocycles. The number of amides is 2. The monoisotopic (exact) mass is 515 g/mol. The van der Waals surface area contributed by atoms with Crippen LogP contribution in [0.3, 0.4) is 0 Å². The minimum atomic E-state index is -0.519. The lowest BCUT2D eigenvalue weighted by Gasteiger charge is -2.35. The van der Waals surface area contributed by atoms with Crippen LogP contribution in [0.15, 0.2) is 71.4 Å².